The van der Waals surface area contributed by atoms with Crippen molar-refractivity contribution in [2.75, 3.05) is 0 Å². The van der Waals surface area contributed by atoms with Crippen molar-refractivity contribution in [3.63, 3.8) is 0 Å². The van der Waals surface area contributed by atoms with Gasteiger partial charge in [0.25, 0.3) is 0 Å². The normalized spacial score (nSPS) is 13.2. The van der Waals surface area contributed by atoms with Gasteiger partial charge in [-0.2, -0.15) is 0 Å². The number of hydrogen-bond acceptors (Lipinski definition) is 0. The number of rotatable bonds is 2. The van der Waals surface area contributed by atoms with Gasteiger partial charge in [0.15, 0.2) is 0 Å². The zero-order chi connectivity index (χ0) is 11.7. The summed E-state index contributed by atoms with van der Waals surface area (Å²) >= 11 is 0. The molecule has 0 amide bonds. The lowest BCUT2D eigenvalue weighted by Gasteiger charge is -2.19. The fraction of sp³-hybridized carbons (Fsp3) is 0.714. The molecule has 1 aromatic heterocycles. The average Bonchev–Trinajstić information content (AvgIpc) is 2.28. The average molecular weight is 207 g/mol. The van der Waals surface area contributed by atoms with Crippen LogP contribution in [0.1, 0.15) is 47.1 Å². The van der Waals surface area contributed by atoms with Gasteiger partial charge in [0, 0.05) is 18.9 Å². The molecule has 15 heavy (non-hydrogen) atoms. The highest BCUT2D eigenvalue weighted by atomic mass is 14.9. The molecule has 0 saturated heterocycles. The van der Waals surface area contributed by atoms with Crippen molar-refractivity contribution in [3.8, 4) is 0 Å². The predicted molar refractivity (Wildman–Crippen MR) is 67.0 cm³/mol. The third kappa shape index (κ3) is 5.06. The van der Waals surface area contributed by atoms with Gasteiger partial charge in [0.05, 0.1) is 0 Å². The zero-order valence-electron chi connectivity index (χ0n) is 11.1. The van der Waals surface area contributed by atoms with Crippen LogP contribution in [0.5, 0.6) is 0 Å². The SMILES string of the molecule is CC(C)(C)Cc1ccn(CC(C)(C)C)c1. The summed E-state index contributed by atoms with van der Waals surface area (Å²) in [5.74, 6) is 0. The van der Waals surface area contributed by atoms with E-state index >= 15 is 0 Å². The maximum Gasteiger partial charge on any atom is 0.0268 e. The third-order valence-electron chi connectivity index (χ3n) is 2.20. The lowest BCUT2D eigenvalue weighted by Crippen LogP contribution is -2.14. The van der Waals surface area contributed by atoms with E-state index in [1.807, 2.05) is 0 Å². The second-order valence-electron chi connectivity index (χ2n) is 6.99. The molecule has 1 aromatic rings. The molecular formula is C14H25N. The summed E-state index contributed by atoms with van der Waals surface area (Å²) < 4.78 is 2.31. The summed E-state index contributed by atoms with van der Waals surface area (Å²) in [6.07, 6.45) is 5.65. The van der Waals surface area contributed by atoms with Crippen molar-refractivity contribution in [3.05, 3.63) is 24.0 Å². The van der Waals surface area contributed by atoms with Crippen LogP contribution in [0, 0.1) is 10.8 Å². The molecule has 0 bridgehead atoms. The molecule has 0 aliphatic carbocycles. The van der Waals surface area contributed by atoms with Crippen LogP contribution in [0.15, 0.2) is 18.5 Å². The molecule has 0 spiro atoms. The molecule has 0 N–H and O–H groups in total. The standard InChI is InChI=1S/C14H25N/c1-13(2,3)9-12-7-8-15(10-12)11-14(4,5)6/h7-8,10H,9,11H2,1-6H3. The van der Waals surface area contributed by atoms with Crippen LogP contribution in [0.25, 0.3) is 0 Å². The number of nitrogens with zero attached hydrogens (tertiary/aromatic N) is 1. The first-order valence-electron chi connectivity index (χ1n) is 5.80. The van der Waals surface area contributed by atoms with Crippen LogP contribution >= 0.6 is 0 Å². The fourth-order valence-corrected chi connectivity index (χ4v) is 1.85. The van der Waals surface area contributed by atoms with Crippen LogP contribution in [0.4, 0.5) is 0 Å². The first-order valence-corrected chi connectivity index (χ1v) is 5.80. The van der Waals surface area contributed by atoms with Crippen molar-refractivity contribution < 1.29 is 0 Å². The highest BCUT2D eigenvalue weighted by Crippen LogP contribution is 2.22. The topological polar surface area (TPSA) is 4.93 Å². The molecule has 0 aromatic carbocycles. The van der Waals surface area contributed by atoms with Gasteiger partial charge >= 0.3 is 0 Å². The third-order valence-corrected chi connectivity index (χ3v) is 2.20. The van der Waals surface area contributed by atoms with Crippen LogP contribution in [0.2, 0.25) is 0 Å². The summed E-state index contributed by atoms with van der Waals surface area (Å²) in [6, 6.07) is 2.25. The second kappa shape index (κ2) is 4.03. The van der Waals surface area contributed by atoms with E-state index < -0.39 is 0 Å². The molecule has 0 aliphatic heterocycles. The van der Waals surface area contributed by atoms with Crippen LogP contribution < -0.4 is 0 Å². The number of hydrogen-bond donors (Lipinski definition) is 0. The van der Waals surface area contributed by atoms with Crippen LogP contribution in [-0.4, -0.2) is 4.57 Å². The minimum atomic E-state index is 0.359. The van der Waals surface area contributed by atoms with Gasteiger partial charge in [-0.1, -0.05) is 41.5 Å². The Balaban J connectivity index is 2.65. The van der Waals surface area contributed by atoms with Gasteiger partial charge in [-0.05, 0) is 28.9 Å². The zero-order valence-corrected chi connectivity index (χ0v) is 11.1. The Morgan fingerprint density at radius 2 is 1.60 bits per heavy atom. The van der Waals surface area contributed by atoms with Gasteiger partial charge in [-0.3, -0.25) is 0 Å². The highest BCUT2D eigenvalue weighted by molar-refractivity contribution is 5.12. The van der Waals surface area contributed by atoms with E-state index in [9.17, 15) is 0 Å². The largest absolute Gasteiger partial charge is 0.353 e. The first-order chi connectivity index (χ1) is 6.66. The Hall–Kier alpha value is -0.720. The summed E-state index contributed by atoms with van der Waals surface area (Å²) in [7, 11) is 0. The number of aromatic nitrogens is 1. The van der Waals surface area contributed by atoms with E-state index in [1.54, 1.807) is 0 Å². The van der Waals surface area contributed by atoms with E-state index in [4.69, 9.17) is 0 Å². The summed E-state index contributed by atoms with van der Waals surface area (Å²) in [5, 5.41) is 0. The summed E-state index contributed by atoms with van der Waals surface area (Å²) in [6.45, 7) is 14.8. The van der Waals surface area contributed by atoms with Crippen molar-refractivity contribution >= 4 is 0 Å². The van der Waals surface area contributed by atoms with E-state index in [0.29, 0.717) is 10.8 Å². The van der Waals surface area contributed by atoms with Gasteiger partial charge in [-0.25, -0.2) is 0 Å². The lowest BCUT2D eigenvalue weighted by molar-refractivity contribution is 0.343. The minimum Gasteiger partial charge on any atom is -0.353 e. The Bertz CT molecular complexity index is 276. The summed E-state index contributed by atoms with van der Waals surface area (Å²) in [5.41, 5.74) is 2.19. The van der Waals surface area contributed by atoms with Crippen molar-refractivity contribution in [2.24, 2.45) is 10.8 Å². The van der Waals surface area contributed by atoms with E-state index in [-0.39, 0.29) is 0 Å². The highest BCUT2D eigenvalue weighted by Gasteiger charge is 2.14. The Morgan fingerprint density at radius 1 is 1.00 bits per heavy atom. The molecule has 0 radical (unpaired) electrons. The fourth-order valence-electron chi connectivity index (χ4n) is 1.85. The maximum absolute atomic E-state index is 2.31. The molecule has 0 fully saturated rings. The van der Waals surface area contributed by atoms with Gasteiger partial charge in [-0.15, -0.1) is 0 Å². The first kappa shape index (κ1) is 12.4. The quantitative estimate of drug-likeness (QED) is 0.687. The van der Waals surface area contributed by atoms with Gasteiger partial charge in [0.1, 0.15) is 0 Å². The van der Waals surface area contributed by atoms with Gasteiger partial charge < -0.3 is 4.57 Å². The molecule has 0 unspecified atom stereocenters. The molecule has 1 rings (SSSR count). The Morgan fingerprint density at radius 3 is 2.07 bits per heavy atom. The second-order valence-corrected chi connectivity index (χ2v) is 6.99. The Labute approximate surface area is 94.5 Å². The molecule has 0 aliphatic rings. The smallest absolute Gasteiger partial charge is 0.0268 e. The summed E-state index contributed by atoms with van der Waals surface area (Å²) in [4.78, 5) is 0. The van der Waals surface area contributed by atoms with E-state index in [1.165, 1.54) is 5.56 Å². The predicted octanol–water partition coefficient (Wildman–Crippen LogP) is 4.12. The monoisotopic (exact) mass is 207 g/mol. The molecule has 1 nitrogen and oxygen atoms in total. The molecular weight excluding hydrogens is 182 g/mol. The van der Waals surface area contributed by atoms with E-state index in [2.05, 4.69) is 64.6 Å². The molecule has 0 atom stereocenters. The van der Waals surface area contributed by atoms with Crippen molar-refractivity contribution in [1.29, 1.82) is 0 Å². The molecule has 1 heterocycles. The van der Waals surface area contributed by atoms with E-state index in [0.717, 1.165) is 13.0 Å². The molecule has 0 saturated carbocycles. The molecule has 86 valence electrons. The van der Waals surface area contributed by atoms with Crippen LogP contribution in [-0.2, 0) is 13.0 Å². The van der Waals surface area contributed by atoms with Crippen molar-refractivity contribution in [2.45, 2.75) is 54.5 Å². The maximum atomic E-state index is 2.31. The lowest BCUT2D eigenvalue weighted by atomic mass is 9.89. The van der Waals surface area contributed by atoms with Gasteiger partial charge in [0.2, 0.25) is 0 Å². The molecule has 1 heteroatoms. The van der Waals surface area contributed by atoms with Crippen molar-refractivity contribution in [1.82, 2.24) is 4.57 Å². The van der Waals surface area contributed by atoms with Crippen LogP contribution in [0.3, 0.4) is 0 Å². The Kier molecular flexibility index (Phi) is 3.32. The minimum absolute atomic E-state index is 0.359.